The van der Waals surface area contributed by atoms with Gasteiger partial charge >= 0.3 is 5.97 Å². The average molecular weight is 544 g/mol. The number of aromatic hydroxyl groups is 2. The van der Waals surface area contributed by atoms with Crippen LogP contribution >= 0.6 is 0 Å². The van der Waals surface area contributed by atoms with Crippen LogP contribution in [0.2, 0.25) is 0 Å². The molecule has 2 aromatic rings. The molecule has 0 aliphatic rings. The Labute approximate surface area is 224 Å². The second-order valence-electron chi connectivity index (χ2n) is 9.06. The number of nitrogens with one attached hydrogen (secondary N) is 3. The lowest BCUT2D eigenvalue weighted by atomic mass is 10.0. The van der Waals surface area contributed by atoms with Gasteiger partial charge in [0.1, 0.15) is 29.6 Å². The minimum Gasteiger partial charge on any atom is -0.508 e. The Bertz CT molecular complexity index is 1170. The van der Waals surface area contributed by atoms with Crippen LogP contribution in [-0.2, 0) is 36.8 Å². The summed E-state index contributed by atoms with van der Waals surface area (Å²) in [6, 6.07) is 6.72. The van der Waals surface area contributed by atoms with Crippen molar-refractivity contribution in [1.82, 2.24) is 16.0 Å². The van der Waals surface area contributed by atoms with Gasteiger partial charge in [-0.1, -0.05) is 24.3 Å². The molecule has 13 heteroatoms. The fourth-order valence-electron chi connectivity index (χ4n) is 3.55. The topological polar surface area (TPSA) is 234 Å². The molecule has 2 rings (SSSR count). The van der Waals surface area contributed by atoms with Crippen molar-refractivity contribution >= 4 is 29.6 Å². The van der Waals surface area contributed by atoms with E-state index in [-0.39, 0.29) is 37.2 Å². The summed E-state index contributed by atoms with van der Waals surface area (Å²) in [5, 5.41) is 36.1. The maximum absolute atomic E-state index is 13.3. The third-order valence-electron chi connectivity index (χ3n) is 5.73. The summed E-state index contributed by atoms with van der Waals surface area (Å²) in [7, 11) is 0. The van der Waals surface area contributed by atoms with Crippen molar-refractivity contribution in [2.75, 3.05) is 0 Å². The summed E-state index contributed by atoms with van der Waals surface area (Å²) < 4.78 is 0. The Kier molecular flexibility index (Phi) is 11.2. The van der Waals surface area contributed by atoms with E-state index in [0.29, 0.717) is 11.1 Å². The number of primary amides is 1. The number of carbonyl (C=O) groups excluding carboxylic acids is 4. The molecular weight excluding hydrogens is 510 g/mol. The standard InChI is InChI=1S/C26H33N5O8/c1-14(27)23(35)29-19(10-11-22(28)34)24(36)30-20(12-15-2-6-17(32)7-3-15)25(37)31-21(26(38)39)13-16-4-8-18(33)9-5-16/h2-9,14,19-21,32-33H,10-13,27H2,1H3,(H2,28,34)(H,29,35)(H,30,36)(H,31,37)(H,38,39). The monoisotopic (exact) mass is 543 g/mol. The van der Waals surface area contributed by atoms with Crippen LogP contribution in [0.3, 0.4) is 0 Å². The summed E-state index contributed by atoms with van der Waals surface area (Å²) >= 11 is 0. The molecule has 0 fully saturated rings. The Morgan fingerprint density at radius 2 is 1.13 bits per heavy atom. The molecule has 0 aliphatic carbocycles. The number of carboxylic acid groups (broad SMARTS) is 1. The summed E-state index contributed by atoms with van der Waals surface area (Å²) in [5.41, 5.74) is 11.8. The highest BCUT2D eigenvalue weighted by molar-refractivity contribution is 5.94. The molecule has 13 nitrogen and oxygen atoms in total. The van der Waals surface area contributed by atoms with Crippen LogP contribution in [-0.4, -0.2) is 69.1 Å². The minimum absolute atomic E-state index is 0.00616. The maximum atomic E-state index is 13.3. The van der Waals surface area contributed by atoms with Gasteiger partial charge in [0.05, 0.1) is 6.04 Å². The van der Waals surface area contributed by atoms with E-state index in [1.54, 1.807) is 0 Å². The highest BCUT2D eigenvalue weighted by atomic mass is 16.4. The number of benzene rings is 2. The van der Waals surface area contributed by atoms with E-state index in [1.807, 2.05) is 0 Å². The zero-order valence-electron chi connectivity index (χ0n) is 21.3. The highest BCUT2D eigenvalue weighted by Crippen LogP contribution is 2.14. The van der Waals surface area contributed by atoms with Crippen LogP contribution in [0.25, 0.3) is 0 Å². The van der Waals surface area contributed by atoms with Crippen LogP contribution in [0.15, 0.2) is 48.5 Å². The fraction of sp³-hybridized carbons (Fsp3) is 0.346. The van der Waals surface area contributed by atoms with Gasteiger partial charge in [0.25, 0.3) is 0 Å². The van der Waals surface area contributed by atoms with E-state index in [4.69, 9.17) is 11.5 Å². The molecule has 210 valence electrons. The van der Waals surface area contributed by atoms with Crippen molar-refractivity contribution in [2.45, 2.75) is 56.8 Å². The van der Waals surface area contributed by atoms with Crippen molar-refractivity contribution in [3.8, 4) is 11.5 Å². The van der Waals surface area contributed by atoms with Crippen molar-refractivity contribution in [3.05, 3.63) is 59.7 Å². The largest absolute Gasteiger partial charge is 0.508 e. The van der Waals surface area contributed by atoms with Gasteiger partial charge in [0.2, 0.25) is 23.6 Å². The van der Waals surface area contributed by atoms with E-state index in [9.17, 15) is 39.3 Å². The average Bonchev–Trinajstić information content (AvgIpc) is 2.87. The lowest BCUT2D eigenvalue weighted by molar-refractivity contribution is -0.142. The number of hydrogen-bond acceptors (Lipinski definition) is 8. The van der Waals surface area contributed by atoms with Crippen molar-refractivity contribution in [2.24, 2.45) is 11.5 Å². The number of aliphatic carboxylic acids is 1. The van der Waals surface area contributed by atoms with E-state index >= 15 is 0 Å². The van der Waals surface area contributed by atoms with Crippen molar-refractivity contribution in [3.63, 3.8) is 0 Å². The van der Waals surface area contributed by atoms with Crippen molar-refractivity contribution < 1.29 is 39.3 Å². The van der Waals surface area contributed by atoms with E-state index in [0.717, 1.165) is 0 Å². The smallest absolute Gasteiger partial charge is 0.326 e. The molecule has 2 aromatic carbocycles. The number of rotatable bonds is 14. The maximum Gasteiger partial charge on any atom is 0.326 e. The molecule has 0 bridgehead atoms. The predicted molar refractivity (Wildman–Crippen MR) is 139 cm³/mol. The summed E-state index contributed by atoms with van der Waals surface area (Å²) in [5.74, 6) is -4.36. The Morgan fingerprint density at radius 3 is 1.56 bits per heavy atom. The molecule has 4 unspecified atom stereocenters. The van der Waals surface area contributed by atoms with Gasteiger partial charge in [-0.3, -0.25) is 19.2 Å². The summed E-state index contributed by atoms with van der Waals surface area (Å²) in [6.45, 7) is 1.40. The first-order valence-electron chi connectivity index (χ1n) is 12.1. The first-order valence-corrected chi connectivity index (χ1v) is 12.1. The fourth-order valence-corrected chi connectivity index (χ4v) is 3.55. The predicted octanol–water partition coefficient (Wildman–Crippen LogP) is -0.965. The molecule has 39 heavy (non-hydrogen) atoms. The number of carbonyl (C=O) groups is 5. The number of hydrogen-bond donors (Lipinski definition) is 8. The summed E-state index contributed by atoms with van der Waals surface area (Å²) in [6.07, 6.45) is -0.592. The second kappa shape index (κ2) is 14.3. The zero-order chi connectivity index (χ0) is 29.1. The zero-order valence-corrected chi connectivity index (χ0v) is 21.3. The highest BCUT2D eigenvalue weighted by Gasteiger charge is 2.30. The molecule has 10 N–H and O–H groups in total. The van der Waals surface area contributed by atoms with Crippen molar-refractivity contribution in [1.29, 1.82) is 0 Å². The SMILES string of the molecule is CC(N)C(=O)NC(CCC(N)=O)C(=O)NC(Cc1ccc(O)cc1)C(=O)NC(Cc1ccc(O)cc1)C(=O)O. The van der Waals surface area contributed by atoms with Gasteiger partial charge in [-0.15, -0.1) is 0 Å². The minimum atomic E-state index is -1.37. The van der Waals surface area contributed by atoms with Gasteiger partial charge in [-0.05, 0) is 48.7 Å². The normalized spacial score (nSPS) is 13.8. The molecule has 0 aromatic heterocycles. The van der Waals surface area contributed by atoms with Crippen LogP contribution in [0, 0.1) is 0 Å². The van der Waals surface area contributed by atoms with E-state index < -0.39 is 53.8 Å². The Morgan fingerprint density at radius 1 is 0.718 bits per heavy atom. The first kappa shape index (κ1) is 30.6. The number of amides is 4. The van der Waals surface area contributed by atoms with Gasteiger partial charge in [-0.25, -0.2) is 4.79 Å². The molecule has 0 saturated carbocycles. The van der Waals surface area contributed by atoms with Gasteiger partial charge in [-0.2, -0.15) is 0 Å². The number of phenolic OH excluding ortho intramolecular Hbond substituents is 2. The Balaban J connectivity index is 2.28. The third kappa shape index (κ3) is 10.3. The number of phenols is 2. The molecule has 4 amide bonds. The van der Waals surface area contributed by atoms with E-state index in [1.165, 1.54) is 55.5 Å². The van der Waals surface area contributed by atoms with Crippen LogP contribution in [0.1, 0.15) is 30.9 Å². The number of carboxylic acids is 1. The number of nitrogens with two attached hydrogens (primary N) is 2. The molecule has 4 atom stereocenters. The molecule has 0 heterocycles. The molecule has 0 saturated heterocycles. The lowest BCUT2D eigenvalue weighted by Gasteiger charge is -2.25. The molecule has 0 spiro atoms. The quantitative estimate of drug-likeness (QED) is 0.146. The third-order valence-corrected chi connectivity index (χ3v) is 5.73. The molecule has 0 aliphatic heterocycles. The molecule has 0 radical (unpaired) electrons. The second-order valence-corrected chi connectivity index (χ2v) is 9.06. The summed E-state index contributed by atoms with van der Waals surface area (Å²) in [4.78, 5) is 61.8. The van der Waals surface area contributed by atoms with Gasteiger partial charge in [0, 0.05) is 19.3 Å². The van der Waals surface area contributed by atoms with Crippen LogP contribution in [0.5, 0.6) is 11.5 Å². The van der Waals surface area contributed by atoms with Gasteiger partial charge in [0.15, 0.2) is 0 Å². The first-order chi connectivity index (χ1) is 18.3. The van der Waals surface area contributed by atoms with E-state index in [2.05, 4.69) is 16.0 Å². The lowest BCUT2D eigenvalue weighted by Crippen LogP contribution is -2.57. The van der Waals surface area contributed by atoms with Crippen LogP contribution < -0.4 is 27.4 Å². The van der Waals surface area contributed by atoms with Crippen LogP contribution in [0.4, 0.5) is 0 Å². The van der Waals surface area contributed by atoms with Gasteiger partial charge < -0.3 is 42.7 Å². The Hall–Kier alpha value is -4.65. The molecular formula is C26H33N5O8.